The molecule has 1 aliphatic carbocycles. The van der Waals surface area contributed by atoms with Crippen molar-refractivity contribution in [3.05, 3.63) is 103 Å². The molecule has 0 spiro atoms. The van der Waals surface area contributed by atoms with E-state index in [1.807, 2.05) is 50.2 Å². The minimum atomic E-state index is 0. The van der Waals surface area contributed by atoms with Gasteiger partial charge in [0.15, 0.2) is 5.78 Å². The van der Waals surface area contributed by atoms with Gasteiger partial charge < -0.3 is 26.5 Å². The summed E-state index contributed by atoms with van der Waals surface area (Å²) in [4.78, 5) is 18.0. The molecule has 1 heterocycles. The van der Waals surface area contributed by atoms with E-state index in [0.717, 1.165) is 86.8 Å². The third kappa shape index (κ3) is 11.0. The van der Waals surface area contributed by atoms with Crippen LogP contribution in [0, 0.1) is 26.3 Å². The van der Waals surface area contributed by atoms with Gasteiger partial charge in [0.05, 0.1) is 13.7 Å². The number of carbonyl (C=O) groups is 1. The van der Waals surface area contributed by atoms with Gasteiger partial charge >= 0.3 is 51.4 Å². The number of rotatable bonds is 13. The maximum atomic E-state index is 13.1. The van der Waals surface area contributed by atoms with Crippen molar-refractivity contribution in [2.45, 2.75) is 65.7 Å². The fraction of sp³-hybridized carbons (Fsp3) is 0.450. The molecule has 0 N–H and O–H groups in total. The zero-order chi connectivity index (χ0) is 32.2. The Kier molecular flexibility index (Phi) is 18.6. The van der Waals surface area contributed by atoms with E-state index in [2.05, 4.69) is 60.1 Å². The summed E-state index contributed by atoms with van der Waals surface area (Å²) in [6.45, 7) is 12.4. The Bertz CT molecular complexity index is 1410. The number of benzene rings is 3. The average molecular weight is 666 g/mol. The number of hydrogen-bond acceptors (Lipinski definition) is 6. The molecule has 0 unspecified atom stereocenters. The quantitative estimate of drug-likeness (QED) is 0.122. The Hall–Kier alpha value is -1.97. The largest absolute Gasteiger partial charge is 1.00 e. The molecule has 1 saturated heterocycles. The van der Waals surface area contributed by atoms with Crippen LogP contribution in [0.5, 0.6) is 17.2 Å². The van der Waals surface area contributed by atoms with Crippen molar-refractivity contribution >= 4 is 11.5 Å². The summed E-state index contributed by atoms with van der Waals surface area (Å²) in [5, 5.41) is 0. The van der Waals surface area contributed by atoms with Gasteiger partial charge in [0, 0.05) is 54.9 Å². The maximum Gasteiger partial charge on any atom is 1.00 e. The van der Waals surface area contributed by atoms with E-state index < -0.39 is 0 Å². The number of anilines is 1. The zero-order valence-electron chi connectivity index (χ0n) is 30.1. The first-order chi connectivity index (χ1) is 22.0. The van der Waals surface area contributed by atoms with Crippen molar-refractivity contribution in [1.82, 2.24) is 4.90 Å². The summed E-state index contributed by atoms with van der Waals surface area (Å²) in [5.41, 5.74) is 5.55. The zero-order valence-corrected chi connectivity index (χ0v) is 33.2. The molecule has 3 aromatic carbocycles. The number of para-hydroxylation sites is 1. The van der Waals surface area contributed by atoms with Crippen LogP contribution in [-0.2, 0) is 4.74 Å². The molecule has 2 aliphatic rings. The first-order valence-electron chi connectivity index (χ1n) is 16.6. The predicted octanol–water partition coefficient (Wildman–Crippen LogP) is 6.30. The number of nitrogens with zero attached hydrogens (tertiary/aromatic N) is 2. The first kappa shape index (κ1) is 41.2. The molecule has 0 atom stereocenters. The normalized spacial score (nSPS) is 15.2. The van der Waals surface area contributed by atoms with Gasteiger partial charge in [-0.15, -0.1) is 11.6 Å². The van der Waals surface area contributed by atoms with Crippen LogP contribution in [0.2, 0.25) is 0 Å². The Morgan fingerprint density at radius 2 is 1.72 bits per heavy atom. The van der Waals surface area contributed by atoms with Gasteiger partial charge in [-0.3, -0.25) is 9.69 Å². The fourth-order valence-corrected chi connectivity index (χ4v) is 6.15. The number of allylic oxidation sites excluding steroid dienone is 1. The van der Waals surface area contributed by atoms with Gasteiger partial charge in [-0.2, -0.15) is 18.2 Å². The Labute approximate surface area is 327 Å². The molecule has 250 valence electrons. The molecular weight excluding hydrogens is 612 g/mol. The molecule has 6 nitrogen and oxygen atoms in total. The SMILES string of the molecule is CC.CC=C(CN1CCC(c2ccc[c-]c2Oc2cccc(OC)c2)CC1)N(CCOC)c1cc(C(=O)C2CCC2)ccc1C.[CH3-].[K+]. The molecule has 0 radical (unpaired) electrons. The molecule has 0 amide bonds. The number of hydrogen-bond donors (Lipinski definition) is 0. The van der Waals surface area contributed by atoms with Crippen LogP contribution in [0.1, 0.15) is 80.3 Å². The summed E-state index contributed by atoms with van der Waals surface area (Å²) in [7, 11) is 3.41. The summed E-state index contributed by atoms with van der Waals surface area (Å²) in [6.07, 6.45) is 7.50. The van der Waals surface area contributed by atoms with Gasteiger partial charge in [-0.05, 0) is 76.4 Å². The van der Waals surface area contributed by atoms with Crippen LogP contribution in [0.25, 0.3) is 0 Å². The van der Waals surface area contributed by atoms with Crippen molar-refractivity contribution < 1.29 is 70.4 Å². The second-order valence-electron chi connectivity index (χ2n) is 11.7. The third-order valence-corrected chi connectivity index (χ3v) is 8.98. The number of ketones is 1. The molecule has 5 rings (SSSR count). The number of ether oxygens (including phenoxy) is 3. The average Bonchev–Trinajstić information content (AvgIpc) is 3.05. The monoisotopic (exact) mass is 665 g/mol. The fourth-order valence-electron chi connectivity index (χ4n) is 6.15. The van der Waals surface area contributed by atoms with E-state index in [1.165, 1.54) is 16.8 Å². The topological polar surface area (TPSA) is 51.2 Å². The van der Waals surface area contributed by atoms with Crippen LogP contribution in [0.15, 0.2) is 72.4 Å². The van der Waals surface area contributed by atoms with E-state index in [0.29, 0.717) is 12.5 Å². The second-order valence-corrected chi connectivity index (χ2v) is 11.7. The molecule has 0 bridgehead atoms. The number of aryl methyl sites for hydroxylation is 1. The summed E-state index contributed by atoms with van der Waals surface area (Å²) < 4.78 is 17.2. The minimum absolute atomic E-state index is 0. The van der Waals surface area contributed by atoms with Crippen molar-refractivity contribution in [3.63, 3.8) is 0 Å². The Balaban J connectivity index is 0.00000188. The first-order valence-corrected chi connectivity index (χ1v) is 16.6. The molecule has 3 aromatic rings. The summed E-state index contributed by atoms with van der Waals surface area (Å²) in [6, 6.07) is 23.4. The van der Waals surface area contributed by atoms with Gasteiger partial charge in [-0.1, -0.05) is 50.5 Å². The van der Waals surface area contributed by atoms with Gasteiger partial charge in [0.2, 0.25) is 0 Å². The number of Topliss-reactive ketones (excluding diaryl/α,β-unsaturated/α-hetero) is 1. The summed E-state index contributed by atoms with van der Waals surface area (Å²) in [5.74, 6) is 3.20. The number of methoxy groups -OCH3 is 2. The van der Waals surface area contributed by atoms with E-state index in [4.69, 9.17) is 14.2 Å². The molecule has 1 aliphatic heterocycles. The van der Waals surface area contributed by atoms with Gasteiger partial charge in [0.1, 0.15) is 11.5 Å². The number of piperidine rings is 1. The van der Waals surface area contributed by atoms with Gasteiger partial charge in [0.25, 0.3) is 0 Å². The molecular formula is C40H54KN2O4-. The van der Waals surface area contributed by atoms with E-state index in [1.54, 1.807) is 14.2 Å². The Morgan fingerprint density at radius 1 is 1.00 bits per heavy atom. The molecule has 0 aromatic heterocycles. The van der Waals surface area contributed by atoms with Crippen molar-refractivity contribution in [2.75, 3.05) is 51.9 Å². The maximum absolute atomic E-state index is 13.1. The van der Waals surface area contributed by atoms with Crippen molar-refractivity contribution in [2.24, 2.45) is 5.92 Å². The van der Waals surface area contributed by atoms with E-state index in [-0.39, 0.29) is 70.5 Å². The second kappa shape index (κ2) is 21.2. The van der Waals surface area contributed by atoms with Crippen molar-refractivity contribution in [3.8, 4) is 17.2 Å². The predicted molar refractivity (Wildman–Crippen MR) is 190 cm³/mol. The minimum Gasteiger partial charge on any atom is -0.497 e. The molecule has 47 heavy (non-hydrogen) atoms. The standard InChI is InChI=1S/C37H45N2O4.C2H6.CH3.K/c1-5-31(39(22-23-41-3)35-24-30(17-16-27(35)2)37(40)29-10-8-11-29)26-38-20-18-28(19-21-38)34-14-6-7-15-36(34)43-33-13-9-12-32(25-33)42-4;1-2;;/h5-7,9,12-14,16-17,24-25,28-29H,8,10-11,18-23,26H2,1-4H3;1-2H3;1H3;/q-1;;-1;+1. The van der Waals surface area contributed by atoms with Crippen LogP contribution >= 0.6 is 0 Å². The number of likely N-dealkylation sites (tertiary alicyclic amines) is 1. The van der Waals surface area contributed by atoms with Crippen LogP contribution in [-0.4, -0.2) is 57.7 Å². The van der Waals surface area contributed by atoms with Crippen LogP contribution in [0.4, 0.5) is 5.69 Å². The van der Waals surface area contributed by atoms with Crippen molar-refractivity contribution in [1.29, 1.82) is 0 Å². The molecule has 2 fully saturated rings. The smallest absolute Gasteiger partial charge is 0.497 e. The Morgan fingerprint density at radius 3 is 2.36 bits per heavy atom. The van der Waals surface area contributed by atoms with Gasteiger partial charge in [-0.25, -0.2) is 0 Å². The molecule has 1 saturated carbocycles. The van der Waals surface area contributed by atoms with Crippen LogP contribution in [0.3, 0.4) is 0 Å². The molecule has 7 heteroatoms. The summed E-state index contributed by atoms with van der Waals surface area (Å²) >= 11 is 0. The number of carbonyl (C=O) groups excluding carboxylic acids is 1. The van der Waals surface area contributed by atoms with E-state index in [9.17, 15) is 4.79 Å². The van der Waals surface area contributed by atoms with E-state index >= 15 is 0 Å². The third-order valence-electron chi connectivity index (χ3n) is 8.98. The van der Waals surface area contributed by atoms with Crippen LogP contribution < -0.4 is 65.8 Å².